The van der Waals surface area contributed by atoms with Crippen LogP contribution in [0.1, 0.15) is 10.4 Å². The number of aromatic nitrogens is 2. The van der Waals surface area contributed by atoms with Crippen LogP contribution in [-0.2, 0) is 11.3 Å². The molecule has 0 aliphatic rings. The van der Waals surface area contributed by atoms with Gasteiger partial charge in [-0.3, -0.25) is 19.0 Å². The Bertz CT molecular complexity index is 1430. The average molecular weight is 491 g/mol. The zero-order valence-electron chi connectivity index (χ0n) is 18.4. The minimum atomic E-state index is -0.269. The summed E-state index contributed by atoms with van der Waals surface area (Å²) in [4.78, 5) is 43.1. The fraction of sp³-hybridized carbons (Fsp3) is 0.120. The highest BCUT2D eigenvalue weighted by atomic mass is 32.2. The minimum absolute atomic E-state index is 0.0518. The summed E-state index contributed by atoms with van der Waals surface area (Å²) >= 11 is 2.59. The van der Waals surface area contributed by atoms with Crippen LogP contribution in [0.3, 0.4) is 0 Å². The molecule has 2 heterocycles. The zero-order chi connectivity index (χ0) is 24.1. The van der Waals surface area contributed by atoms with Gasteiger partial charge >= 0.3 is 0 Å². The molecule has 9 heteroatoms. The van der Waals surface area contributed by atoms with Gasteiger partial charge < -0.3 is 10.6 Å². The van der Waals surface area contributed by atoms with Gasteiger partial charge in [0.25, 0.3) is 11.5 Å². The third-order valence-corrected chi connectivity index (χ3v) is 6.87. The summed E-state index contributed by atoms with van der Waals surface area (Å²) in [6.45, 7) is 4.04. The number of rotatable bonds is 8. The van der Waals surface area contributed by atoms with E-state index in [1.54, 1.807) is 42.0 Å². The molecule has 0 saturated carbocycles. The first kappa shape index (κ1) is 23.5. The van der Waals surface area contributed by atoms with Crippen LogP contribution in [0.2, 0.25) is 0 Å². The van der Waals surface area contributed by atoms with E-state index < -0.39 is 0 Å². The van der Waals surface area contributed by atoms with Crippen molar-refractivity contribution in [3.8, 4) is 11.1 Å². The lowest BCUT2D eigenvalue weighted by Crippen LogP contribution is -2.23. The molecule has 34 heavy (non-hydrogen) atoms. The van der Waals surface area contributed by atoms with Crippen LogP contribution in [0.15, 0.2) is 82.6 Å². The first-order chi connectivity index (χ1) is 16.5. The lowest BCUT2D eigenvalue weighted by Gasteiger charge is -2.11. The van der Waals surface area contributed by atoms with Crippen LogP contribution in [-0.4, -0.2) is 34.2 Å². The Hall–Kier alpha value is -3.69. The van der Waals surface area contributed by atoms with E-state index in [0.717, 1.165) is 11.1 Å². The Kier molecular flexibility index (Phi) is 7.24. The second-order valence-corrected chi connectivity index (χ2v) is 9.09. The van der Waals surface area contributed by atoms with Crippen LogP contribution < -0.4 is 16.2 Å². The van der Waals surface area contributed by atoms with Crippen molar-refractivity contribution >= 4 is 50.8 Å². The third kappa shape index (κ3) is 4.95. The quantitative estimate of drug-likeness (QED) is 0.217. The van der Waals surface area contributed by atoms with Gasteiger partial charge in [-0.1, -0.05) is 54.2 Å². The first-order valence-corrected chi connectivity index (χ1v) is 12.3. The number of carbonyl (C=O) groups is 2. The number of hydrogen-bond donors (Lipinski definition) is 2. The van der Waals surface area contributed by atoms with Crippen molar-refractivity contribution in [1.82, 2.24) is 14.9 Å². The maximum Gasteiger partial charge on any atom is 0.263 e. The molecule has 2 aromatic carbocycles. The van der Waals surface area contributed by atoms with E-state index >= 15 is 0 Å². The SMILES string of the molecule is C=CCn1c(SCC(=O)Nc2cccc(C(=O)NC)c2)nc2scc(-c3ccccc3)c2c1=O. The van der Waals surface area contributed by atoms with Gasteiger partial charge in [-0.25, -0.2) is 4.98 Å². The number of amides is 2. The lowest BCUT2D eigenvalue weighted by molar-refractivity contribution is -0.113. The maximum absolute atomic E-state index is 13.4. The van der Waals surface area contributed by atoms with Crippen molar-refractivity contribution < 1.29 is 9.59 Å². The smallest absolute Gasteiger partial charge is 0.263 e. The van der Waals surface area contributed by atoms with Crippen molar-refractivity contribution in [2.45, 2.75) is 11.7 Å². The standard InChI is InChI=1S/C25H22N4O3S2/c1-3-12-29-24(32)21-19(16-8-5-4-6-9-16)14-33-23(21)28-25(29)34-15-20(30)27-18-11-7-10-17(13-18)22(31)26-2/h3-11,13-14H,1,12,15H2,2H3,(H,26,31)(H,27,30). The number of thiophene rings is 1. The monoisotopic (exact) mass is 490 g/mol. The topological polar surface area (TPSA) is 93.1 Å². The summed E-state index contributed by atoms with van der Waals surface area (Å²) < 4.78 is 1.54. The molecule has 4 aromatic rings. The number of thioether (sulfide) groups is 1. The summed E-state index contributed by atoms with van der Waals surface area (Å²) in [5.74, 6) is -0.451. The third-order valence-electron chi connectivity index (χ3n) is 5.02. The van der Waals surface area contributed by atoms with E-state index in [0.29, 0.717) is 26.6 Å². The van der Waals surface area contributed by atoms with Gasteiger partial charge in [-0.15, -0.1) is 17.9 Å². The van der Waals surface area contributed by atoms with E-state index in [2.05, 4.69) is 17.2 Å². The van der Waals surface area contributed by atoms with Gasteiger partial charge in [0.1, 0.15) is 4.83 Å². The second-order valence-electron chi connectivity index (χ2n) is 7.29. The van der Waals surface area contributed by atoms with Crippen LogP contribution >= 0.6 is 23.1 Å². The van der Waals surface area contributed by atoms with Crippen LogP contribution in [0.4, 0.5) is 5.69 Å². The number of nitrogens with zero attached hydrogens (tertiary/aromatic N) is 2. The van der Waals surface area contributed by atoms with E-state index in [4.69, 9.17) is 4.98 Å². The molecule has 2 aromatic heterocycles. The minimum Gasteiger partial charge on any atom is -0.355 e. The number of allylic oxidation sites excluding steroid dienone is 1. The van der Waals surface area contributed by atoms with Crippen molar-refractivity contribution in [3.63, 3.8) is 0 Å². The zero-order valence-corrected chi connectivity index (χ0v) is 20.0. The van der Waals surface area contributed by atoms with Crippen molar-refractivity contribution in [2.24, 2.45) is 0 Å². The van der Waals surface area contributed by atoms with E-state index in [1.807, 2.05) is 35.7 Å². The van der Waals surface area contributed by atoms with Crippen LogP contribution in [0.5, 0.6) is 0 Å². The van der Waals surface area contributed by atoms with E-state index in [-0.39, 0.29) is 29.7 Å². The number of hydrogen-bond acceptors (Lipinski definition) is 6. The highest BCUT2D eigenvalue weighted by Gasteiger charge is 2.18. The summed E-state index contributed by atoms with van der Waals surface area (Å²) in [6.07, 6.45) is 1.64. The maximum atomic E-state index is 13.4. The fourth-order valence-electron chi connectivity index (χ4n) is 3.45. The Morgan fingerprint density at radius 3 is 2.71 bits per heavy atom. The molecule has 0 atom stereocenters. The molecule has 0 aliphatic carbocycles. The largest absolute Gasteiger partial charge is 0.355 e. The van der Waals surface area contributed by atoms with Crippen molar-refractivity contribution in [1.29, 1.82) is 0 Å². The molecular weight excluding hydrogens is 468 g/mol. The Morgan fingerprint density at radius 2 is 1.97 bits per heavy atom. The lowest BCUT2D eigenvalue weighted by atomic mass is 10.1. The molecule has 0 radical (unpaired) electrons. The predicted molar refractivity (Wildman–Crippen MR) is 139 cm³/mol. The van der Waals surface area contributed by atoms with Gasteiger partial charge in [-0.05, 0) is 23.8 Å². The molecule has 0 bridgehead atoms. The van der Waals surface area contributed by atoms with E-state index in [1.165, 1.54) is 23.1 Å². The highest BCUT2D eigenvalue weighted by molar-refractivity contribution is 7.99. The molecule has 0 saturated heterocycles. The fourth-order valence-corrected chi connectivity index (χ4v) is 5.24. The number of benzene rings is 2. The van der Waals surface area contributed by atoms with E-state index in [9.17, 15) is 14.4 Å². The predicted octanol–water partition coefficient (Wildman–Crippen LogP) is 4.40. The normalized spacial score (nSPS) is 10.7. The highest BCUT2D eigenvalue weighted by Crippen LogP contribution is 2.32. The molecule has 0 spiro atoms. The molecule has 7 nitrogen and oxygen atoms in total. The van der Waals surface area contributed by atoms with Gasteiger partial charge in [-0.2, -0.15) is 0 Å². The van der Waals surface area contributed by atoms with Crippen molar-refractivity contribution in [2.75, 3.05) is 18.1 Å². The average Bonchev–Trinajstić information content (AvgIpc) is 3.29. The number of carbonyl (C=O) groups excluding carboxylic acids is 2. The Balaban J connectivity index is 1.58. The summed E-state index contributed by atoms with van der Waals surface area (Å²) in [5.41, 5.74) is 2.61. The summed E-state index contributed by atoms with van der Waals surface area (Å²) in [7, 11) is 1.55. The van der Waals surface area contributed by atoms with Gasteiger partial charge in [0.05, 0.1) is 11.1 Å². The molecule has 2 N–H and O–H groups in total. The van der Waals surface area contributed by atoms with Crippen LogP contribution in [0, 0.1) is 0 Å². The molecule has 172 valence electrons. The number of fused-ring (bicyclic) bond motifs is 1. The molecule has 0 aliphatic heterocycles. The summed E-state index contributed by atoms with van der Waals surface area (Å²) in [5, 5.41) is 8.30. The second kappa shape index (κ2) is 10.5. The molecule has 0 unspecified atom stereocenters. The summed E-state index contributed by atoms with van der Waals surface area (Å²) in [6, 6.07) is 16.4. The Labute approximate surface area is 204 Å². The Morgan fingerprint density at radius 1 is 1.18 bits per heavy atom. The molecule has 0 fully saturated rings. The van der Waals surface area contributed by atoms with Gasteiger partial charge in [0.2, 0.25) is 5.91 Å². The van der Waals surface area contributed by atoms with Crippen molar-refractivity contribution in [3.05, 3.63) is 88.5 Å². The van der Waals surface area contributed by atoms with Gasteiger partial charge in [0.15, 0.2) is 5.16 Å². The molecular formula is C25H22N4O3S2. The molecule has 4 rings (SSSR count). The number of anilines is 1. The number of nitrogens with one attached hydrogen (secondary N) is 2. The van der Waals surface area contributed by atoms with Crippen LogP contribution in [0.25, 0.3) is 21.3 Å². The van der Waals surface area contributed by atoms with Gasteiger partial charge in [0, 0.05) is 35.8 Å². The molecule has 2 amide bonds. The first-order valence-electron chi connectivity index (χ1n) is 10.4.